The molecular formula is C10H10F2N2O2. The van der Waals surface area contributed by atoms with Gasteiger partial charge >= 0.3 is 0 Å². The largest absolute Gasteiger partial charge is 0.377 e. The molecule has 1 aromatic carbocycles. The number of benzene rings is 1. The maximum absolute atomic E-state index is 13.3. The number of halogens is 2. The molecule has 0 amide bonds. The van der Waals surface area contributed by atoms with E-state index in [2.05, 4.69) is 11.9 Å². The van der Waals surface area contributed by atoms with Crippen molar-refractivity contribution in [1.82, 2.24) is 0 Å². The molecule has 0 saturated heterocycles. The van der Waals surface area contributed by atoms with E-state index in [-0.39, 0.29) is 6.54 Å². The van der Waals surface area contributed by atoms with Crippen LogP contribution in [0.1, 0.15) is 6.42 Å². The average Bonchev–Trinajstić information content (AvgIpc) is 2.24. The first kappa shape index (κ1) is 12.1. The second kappa shape index (κ2) is 5.20. The summed E-state index contributed by atoms with van der Waals surface area (Å²) in [6.07, 6.45) is 2.06. The average molecular weight is 228 g/mol. The summed E-state index contributed by atoms with van der Waals surface area (Å²) in [4.78, 5) is 9.81. The third kappa shape index (κ3) is 2.53. The molecule has 16 heavy (non-hydrogen) atoms. The van der Waals surface area contributed by atoms with Gasteiger partial charge in [-0.15, -0.1) is 6.58 Å². The fourth-order valence-corrected chi connectivity index (χ4v) is 1.16. The van der Waals surface area contributed by atoms with Crippen molar-refractivity contribution in [1.29, 1.82) is 0 Å². The van der Waals surface area contributed by atoms with Crippen LogP contribution in [0.4, 0.5) is 20.2 Å². The number of nitrogens with one attached hydrogen (secondary N) is 1. The van der Waals surface area contributed by atoms with Crippen LogP contribution in [0.25, 0.3) is 0 Å². The first-order valence-electron chi connectivity index (χ1n) is 4.55. The van der Waals surface area contributed by atoms with E-state index >= 15 is 0 Å². The molecule has 1 aromatic rings. The normalized spacial score (nSPS) is 9.88. The Kier molecular flexibility index (Phi) is 3.93. The van der Waals surface area contributed by atoms with Crippen molar-refractivity contribution in [2.24, 2.45) is 0 Å². The molecule has 0 fully saturated rings. The van der Waals surface area contributed by atoms with Crippen LogP contribution in [-0.2, 0) is 0 Å². The highest BCUT2D eigenvalue weighted by Crippen LogP contribution is 2.28. The van der Waals surface area contributed by atoms with E-state index in [0.29, 0.717) is 6.42 Å². The Morgan fingerprint density at radius 2 is 2.19 bits per heavy atom. The number of nitrogens with zero attached hydrogens (tertiary/aromatic N) is 1. The van der Waals surface area contributed by atoms with Gasteiger partial charge in [-0.3, -0.25) is 10.1 Å². The molecule has 4 nitrogen and oxygen atoms in total. The highest BCUT2D eigenvalue weighted by molar-refractivity contribution is 5.62. The number of hydrogen-bond donors (Lipinski definition) is 1. The standard InChI is InChI=1S/C10H10F2N2O2/c1-2-3-6-13-10-8(14(15)16)5-4-7(11)9(10)12/h2,4-5,13H,1,3,6H2. The van der Waals surface area contributed by atoms with Gasteiger partial charge in [0.05, 0.1) is 4.92 Å². The predicted octanol–water partition coefficient (Wildman–Crippen LogP) is 2.86. The monoisotopic (exact) mass is 228 g/mol. The van der Waals surface area contributed by atoms with Crippen molar-refractivity contribution in [3.63, 3.8) is 0 Å². The lowest BCUT2D eigenvalue weighted by Crippen LogP contribution is -2.07. The molecule has 0 saturated carbocycles. The smallest absolute Gasteiger partial charge is 0.295 e. The number of nitro groups is 1. The fraction of sp³-hybridized carbons (Fsp3) is 0.200. The van der Waals surface area contributed by atoms with Crippen LogP contribution in [0.5, 0.6) is 0 Å². The van der Waals surface area contributed by atoms with E-state index in [1.807, 2.05) is 0 Å². The molecule has 0 radical (unpaired) electrons. The van der Waals surface area contributed by atoms with E-state index in [9.17, 15) is 18.9 Å². The van der Waals surface area contributed by atoms with E-state index in [0.717, 1.165) is 12.1 Å². The van der Waals surface area contributed by atoms with E-state index in [1.165, 1.54) is 0 Å². The summed E-state index contributed by atoms with van der Waals surface area (Å²) in [5.41, 5.74) is -0.908. The molecule has 0 heterocycles. The molecule has 0 unspecified atom stereocenters. The van der Waals surface area contributed by atoms with Crippen molar-refractivity contribution >= 4 is 11.4 Å². The highest BCUT2D eigenvalue weighted by Gasteiger charge is 2.20. The summed E-state index contributed by atoms with van der Waals surface area (Å²) in [5, 5.41) is 13.1. The Bertz CT molecular complexity index is 422. The molecule has 0 atom stereocenters. The van der Waals surface area contributed by atoms with E-state index < -0.39 is 27.9 Å². The predicted molar refractivity (Wildman–Crippen MR) is 56.3 cm³/mol. The Labute approximate surface area is 90.7 Å². The van der Waals surface area contributed by atoms with Gasteiger partial charge in [-0.2, -0.15) is 0 Å². The minimum Gasteiger partial charge on any atom is -0.377 e. The molecule has 86 valence electrons. The van der Waals surface area contributed by atoms with Gasteiger partial charge in [0.25, 0.3) is 5.69 Å². The van der Waals surface area contributed by atoms with Crippen LogP contribution >= 0.6 is 0 Å². The molecule has 0 aliphatic carbocycles. The van der Waals surface area contributed by atoms with Crippen molar-refractivity contribution in [3.05, 3.63) is 46.5 Å². The van der Waals surface area contributed by atoms with Crippen LogP contribution in [0.2, 0.25) is 0 Å². The molecule has 0 spiro atoms. The Morgan fingerprint density at radius 1 is 1.50 bits per heavy atom. The second-order valence-electron chi connectivity index (χ2n) is 3.02. The van der Waals surface area contributed by atoms with Gasteiger partial charge in [0.2, 0.25) is 0 Å². The van der Waals surface area contributed by atoms with Crippen LogP contribution in [-0.4, -0.2) is 11.5 Å². The summed E-state index contributed by atoms with van der Waals surface area (Å²) in [7, 11) is 0. The first-order valence-corrected chi connectivity index (χ1v) is 4.55. The summed E-state index contributed by atoms with van der Waals surface area (Å²) < 4.78 is 26.2. The zero-order chi connectivity index (χ0) is 12.1. The summed E-state index contributed by atoms with van der Waals surface area (Å²) in [5.74, 6) is -2.36. The van der Waals surface area contributed by atoms with E-state index in [1.54, 1.807) is 6.08 Å². The van der Waals surface area contributed by atoms with Crippen LogP contribution in [0.15, 0.2) is 24.8 Å². The lowest BCUT2D eigenvalue weighted by molar-refractivity contribution is -0.384. The zero-order valence-corrected chi connectivity index (χ0v) is 8.37. The summed E-state index contributed by atoms with van der Waals surface area (Å²) in [6, 6.07) is 1.65. The van der Waals surface area contributed by atoms with Crippen molar-refractivity contribution in [3.8, 4) is 0 Å². The quantitative estimate of drug-likeness (QED) is 0.365. The molecule has 0 aliphatic heterocycles. The SMILES string of the molecule is C=CCCNc1c([N+](=O)[O-])ccc(F)c1F. The zero-order valence-electron chi connectivity index (χ0n) is 8.37. The second-order valence-corrected chi connectivity index (χ2v) is 3.02. The Balaban J connectivity index is 3.05. The topological polar surface area (TPSA) is 55.2 Å². The van der Waals surface area contributed by atoms with Gasteiger partial charge < -0.3 is 5.32 Å². The third-order valence-corrected chi connectivity index (χ3v) is 1.92. The van der Waals surface area contributed by atoms with Gasteiger partial charge in [0, 0.05) is 12.6 Å². The van der Waals surface area contributed by atoms with Crippen LogP contribution in [0.3, 0.4) is 0 Å². The lowest BCUT2D eigenvalue weighted by Gasteiger charge is -2.07. The number of rotatable bonds is 5. The van der Waals surface area contributed by atoms with Crippen molar-refractivity contribution in [2.75, 3.05) is 11.9 Å². The molecule has 0 aliphatic rings. The van der Waals surface area contributed by atoms with Crippen LogP contribution < -0.4 is 5.32 Å². The number of anilines is 1. The van der Waals surface area contributed by atoms with Gasteiger partial charge in [0.1, 0.15) is 0 Å². The molecule has 1 rings (SSSR count). The van der Waals surface area contributed by atoms with Gasteiger partial charge in [-0.25, -0.2) is 8.78 Å². The number of nitro benzene ring substituents is 1. The Morgan fingerprint density at radius 3 is 2.75 bits per heavy atom. The fourth-order valence-electron chi connectivity index (χ4n) is 1.16. The van der Waals surface area contributed by atoms with Gasteiger partial charge in [0.15, 0.2) is 17.3 Å². The number of hydrogen-bond acceptors (Lipinski definition) is 3. The third-order valence-electron chi connectivity index (χ3n) is 1.92. The summed E-state index contributed by atoms with van der Waals surface area (Å²) in [6.45, 7) is 3.70. The van der Waals surface area contributed by atoms with E-state index in [4.69, 9.17) is 0 Å². The molecule has 0 aromatic heterocycles. The minimum absolute atomic E-state index is 0.255. The lowest BCUT2D eigenvalue weighted by atomic mass is 10.2. The maximum Gasteiger partial charge on any atom is 0.295 e. The van der Waals surface area contributed by atoms with Gasteiger partial charge in [-0.05, 0) is 12.5 Å². The minimum atomic E-state index is -1.24. The Hall–Kier alpha value is -1.98. The van der Waals surface area contributed by atoms with Crippen LogP contribution in [0, 0.1) is 21.7 Å². The molecule has 6 heteroatoms. The van der Waals surface area contributed by atoms with Gasteiger partial charge in [-0.1, -0.05) is 6.08 Å². The van der Waals surface area contributed by atoms with Crippen molar-refractivity contribution < 1.29 is 13.7 Å². The molecular weight excluding hydrogens is 218 g/mol. The summed E-state index contributed by atoms with van der Waals surface area (Å²) >= 11 is 0. The highest BCUT2D eigenvalue weighted by atomic mass is 19.2. The molecule has 0 bridgehead atoms. The van der Waals surface area contributed by atoms with Crippen molar-refractivity contribution in [2.45, 2.75) is 6.42 Å². The first-order chi connectivity index (χ1) is 7.57. The molecule has 1 N–H and O–H groups in total. The maximum atomic E-state index is 13.3.